The Bertz CT molecular complexity index is 1210. The molecule has 0 bridgehead atoms. The number of benzene rings is 2. The standard InChI is InChI=1S/C28H31N3O2/c1-4-30(5-2)27(32)18-24(23-15-10-9-12-21(23)3)25-19-29-28-26(16-11-17-31(25)28)33-20-22-13-7-6-8-14-22/h6-17,19,24H,4-5,18,20H2,1-3H3. The molecule has 0 aliphatic heterocycles. The summed E-state index contributed by atoms with van der Waals surface area (Å²) in [6.07, 6.45) is 4.28. The van der Waals surface area contributed by atoms with Gasteiger partial charge in [-0.3, -0.25) is 4.79 Å². The number of carbonyl (C=O) groups excluding carboxylic acids is 1. The van der Waals surface area contributed by atoms with Crippen LogP contribution in [0.25, 0.3) is 5.65 Å². The van der Waals surface area contributed by atoms with E-state index in [0.717, 1.165) is 28.2 Å². The lowest BCUT2D eigenvalue weighted by Gasteiger charge is -2.24. The van der Waals surface area contributed by atoms with Gasteiger partial charge in [0.25, 0.3) is 0 Å². The Balaban J connectivity index is 1.71. The average Bonchev–Trinajstić information content (AvgIpc) is 3.28. The molecule has 0 saturated carbocycles. The normalized spacial score (nSPS) is 12.0. The highest BCUT2D eigenvalue weighted by Gasteiger charge is 2.25. The number of imidazole rings is 1. The first-order valence-corrected chi connectivity index (χ1v) is 11.6. The van der Waals surface area contributed by atoms with Crippen molar-refractivity contribution >= 4 is 11.6 Å². The van der Waals surface area contributed by atoms with Crippen molar-refractivity contribution in [2.75, 3.05) is 13.1 Å². The van der Waals surface area contributed by atoms with Crippen LogP contribution in [-0.4, -0.2) is 33.3 Å². The van der Waals surface area contributed by atoms with Gasteiger partial charge in [0, 0.05) is 37.8 Å². The Morgan fingerprint density at radius 1 is 1.00 bits per heavy atom. The lowest BCUT2D eigenvalue weighted by Crippen LogP contribution is -2.32. The lowest BCUT2D eigenvalue weighted by atomic mass is 9.89. The topological polar surface area (TPSA) is 46.8 Å². The minimum atomic E-state index is -0.0985. The number of ether oxygens (including phenoxy) is 1. The van der Waals surface area contributed by atoms with Gasteiger partial charge < -0.3 is 14.0 Å². The molecule has 0 saturated heterocycles. The predicted octanol–water partition coefficient (Wildman–Crippen LogP) is 5.61. The van der Waals surface area contributed by atoms with Crippen LogP contribution >= 0.6 is 0 Å². The summed E-state index contributed by atoms with van der Waals surface area (Å²) in [6, 6.07) is 22.3. The number of nitrogens with zero attached hydrogens (tertiary/aromatic N) is 3. The summed E-state index contributed by atoms with van der Waals surface area (Å²) in [4.78, 5) is 19.7. The van der Waals surface area contributed by atoms with Crippen LogP contribution < -0.4 is 4.74 Å². The fraction of sp³-hybridized carbons (Fsp3) is 0.286. The number of carbonyl (C=O) groups is 1. The zero-order chi connectivity index (χ0) is 23.2. The minimum Gasteiger partial charge on any atom is -0.485 e. The number of pyridine rings is 1. The fourth-order valence-corrected chi connectivity index (χ4v) is 4.34. The monoisotopic (exact) mass is 441 g/mol. The molecule has 2 aromatic carbocycles. The molecular weight excluding hydrogens is 410 g/mol. The summed E-state index contributed by atoms with van der Waals surface area (Å²) in [5, 5.41) is 0. The highest BCUT2D eigenvalue weighted by molar-refractivity contribution is 5.78. The number of rotatable bonds is 9. The van der Waals surface area contributed by atoms with Crippen molar-refractivity contribution in [3.8, 4) is 5.75 Å². The zero-order valence-electron chi connectivity index (χ0n) is 19.6. The van der Waals surface area contributed by atoms with E-state index in [-0.39, 0.29) is 11.8 Å². The van der Waals surface area contributed by atoms with E-state index in [1.165, 1.54) is 5.56 Å². The summed E-state index contributed by atoms with van der Waals surface area (Å²) < 4.78 is 8.19. The summed E-state index contributed by atoms with van der Waals surface area (Å²) in [5.74, 6) is 0.782. The number of aromatic nitrogens is 2. The van der Waals surface area contributed by atoms with E-state index in [4.69, 9.17) is 9.72 Å². The van der Waals surface area contributed by atoms with Gasteiger partial charge in [-0.05, 0) is 49.6 Å². The molecule has 5 nitrogen and oxygen atoms in total. The van der Waals surface area contributed by atoms with Crippen molar-refractivity contribution in [3.05, 3.63) is 102 Å². The van der Waals surface area contributed by atoms with E-state index in [1.807, 2.05) is 85.7 Å². The van der Waals surface area contributed by atoms with Crippen molar-refractivity contribution in [1.29, 1.82) is 0 Å². The molecule has 1 amide bonds. The third-order valence-corrected chi connectivity index (χ3v) is 6.18. The molecule has 170 valence electrons. The second-order valence-corrected chi connectivity index (χ2v) is 8.20. The van der Waals surface area contributed by atoms with Crippen LogP contribution in [-0.2, 0) is 11.4 Å². The van der Waals surface area contributed by atoms with Crippen LogP contribution in [0.5, 0.6) is 5.75 Å². The maximum absolute atomic E-state index is 13.1. The van der Waals surface area contributed by atoms with Gasteiger partial charge in [-0.25, -0.2) is 4.98 Å². The molecule has 4 aromatic rings. The molecule has 2 aromatic heterocycles. The van der Waals surface area contributed by atoms with Crippen LogP contribution in [0.4, 0.5) is 0 Å². The Morgan fingerprint density at radius 2 is 1.73 bits per heavy atom. The van der Waals surface area contributed by atoms with Gasteiger partial charge in [-0.1, -0.05) is 54.6 Å². The molecule has 33 heavy (non-hydrogen) atoms. The van der Waals surface area contributed by atoms with E-state index < -0.39 is 0 Å². The van der Waals surface area contributed by atoms with Crippen LogP contribution in [0.1, 0.15) is 48.6 Å². The molecule has 2 heterocycles. The first-order chi connectivity index (χ1) is 16.1. The van der Waals surface area contributed by atoms with Crippen LogP contribution in [0.15, 0.2) is 79.1 Å². The summed E-state index contributed by atoms with van der Waals surface area (Å²) in [6.45, 7) is 8.04. The van der Waals surface area contributed by atoms with Crippen molar-refractivity contribution in [3.63, 3.8) is 0 Å². The lowest BCUT2D eigenvalue weighted by molar-refractivity contribution is -0.131. The van der Waals surface area contributed by atoms with Gasteiger partial charge in [0.1, 0.15) is 6.61 Å². The van der Waals surface area contributed by atoms with Gasteiger partial charge in [0.2, 0.25) is 5.91 Å². The first kappa shape index (κ1) is 22.6. The molecule has 4 rings (SSSR count). The number of hydrogen-bond acceptors (Lipinski definition) is 3. The Labute approximate surface area is 195 Å². The largest absolute Gasteiger partial charge is 0.485 e. The number of hydrogen-bond donors (Lipinski definition) is 0. The Kier molecular flexibility index (Phi) is 7.08. The number of amides is 1. The number of aryl methyl sites for hydroxylation is 1. The minimum absolute atomic E-state index is 0.0985. The maximum atomic E-state index is 13.1. The van der Waals surface area contributed by atoms with E-state index in [0.29, 0.717) is 26.1 Å². The second-order valence-electron chi connectivity index (χ2n) is 8.20. The molecule has 1 atom stereocenters. The second kappa shape index (κ2) is 10.3. The fourth-order valence-electron chi connectivity index (χ4n) is 4.34. The van der Waals surface area contributed by atoms with Crippen molar-refractivity contribution in [1.82, 2.24) is 14.3 Å². The van der Waals surface area contributed by atoms with Crippen molar-refractivity contribution < 1.29 is 9.53 Å². The van der Waals surface area contributed by atoms with Crippen LogP contribution in [0.2, 0.25) is 0 Å². The molecule has 5 heteroatoms. The Hall–Kier alpha value is -3.60. The Morgan fingerprint density at radius 3 is 2.45 bits per heavy atom. The molecule has 0 radical (unpaired) electrons. The molecule has 0 spiro atoms. The summed E-state index contributed by atoms with van der Waals surface area (Å²) in [5.41, 5.74) is 5.17. The molecule has 0 aliphatic rings. The van der Waals surface area contributed by atoms with Crippen molar-refractivity contribution in [2.45, 2.75) is 39.7 Å². The van der Waals surface area contributed by atoms with E-state index >= 15 is 0 Å². The molecule has 0 fully saturated rings. The number of fused-ring (bicyclic) bond motifs is 1. The molecule has 1 unspecified atom stereocenters. The van der Waals surface area contributed by atoms with E-state index in [9.17, 15) is 4.79 Å². The van der Waals surface area contributed by atoms with Gasteiger partial charge in [0.15, 0.2) is 11.4 Å². The highest BCUT2D eigenvalue weighted by atomic mass is 16.5. The quantitative estimate of drug-likeness (QED) is 0.339. The summed E-state index contributed by atoms with van der Waals surface area (Å²) in [7, 11) is 0. The smallest absolute Gasteiger partial charge is 0.223 e. The third kappa shape index (κ3) is 4.92. The van der Waals surface area contributed by atoms with Gasteiger partial charge in [0.05, 0.1) is 5.69 Å². The average molecular weight is 442 g/mol. The highest BCUT2D eigenvalue weighted by Crippen LogP contribution is 2.33. The van der Waals surface area contributed by atoms with Gasteiger partial charge >= 0.3 is 0 Å². The van der Waals surface area contributed by atoms with E-state index in [1.54, 1.807) is 0 Å². The predicted molar refractivity (Wildman–Crippen MR) is 132 cm³/mol. The SMILES string of the molecule is CCN(CC)C(=O)CC(c1ccccc1C)c1cnc2c(OCc3ccccc3)cccn12. The third-order valence-electron chi connectivity index (χ3n) is 6.18. The summed E-state index contributed by atoms with van der Waals surface area (Å²) >= 11 is 0. The maximum Gasteiger partial charge on any atom is 0.223 e. The van der Waals surface area contributed by atoms with Crippen molar-refractivity contribution in [2.24, 2.45) is 0 Å². The van der Waals surface area contributed by atoms with Gasteiger partial charge in [-0.2, -0.15) is 0 Å². The molecule has 0 N–H and O–H groups in total. The van der Waals surface area contributed by atoms with E-state index in [2.05, 4.69) is 23.5 Å². The van der Waals surface area contributed by atoms with Crippen LogP contribution in [0.3, 0.4) is 0 Å². The van der Waals surface area contributed by atoms with Gasteiger partial charge in [-0.15, -0.1) is 0 Å². The molecule has 0 aliphatic carbocycles. The van der Waals surface area contributed by atoms with Crippen LogP contribution in [0, 0.1) is 6.92 Å². The zero-order valence-corrected chi connectivity index (χ0v) is 19.6. The molecular formula is C28H31N3O2. The first-order valence-electron chi connectivity index (χ1n) is 11.6.